The van der Waals surface area contributed by atoms with Crippen LogP contribution >= 0.6 is 0 Å². The summed E-state index contributed by atoms with van der Waals surface area (Å²) in [6, 6.07) is 20.0. The van der Waals surface area contributed by atoms with Gasteiger partial charge in [-0.25, -0.2) is 4.99 Å². The van der Waals surface area contributed by atoms with Gasteiger partial charge in [0, 0.05) is 18.8 Å². The molecule has 2 heteroatoms. The number of rotatable bonds is 2. The van der Waals surface area contributed by atoms with Gasteiger partial charge in [-0.2, -0.15) is 0 Å². The standard InChI is InChI=1S/C15H14N2/c1-16-15(14-10-6-3-7-11-14)17-12-13-8-4-2-5-9-13/h2-12H,1H3/b16-15-,17-12+. The number of amidine groups is 1. The summed E-state index contributed by atoms with van der Waals surface area (Å²) >= 11 is 0. The Morgan fingerprint density at radius 3 is 2.06 bits per heavy atom. The van der Waals surface area contributed by atoms with Gasteiger partial charge in [-0.3, -0.25) is 4.99 Å². The molecule has 0 fully saturated rings. The lowest BCUT2D eigenvalue weighted by Gasteiger charge is -1.99. The maximum atomic E-state index is 4.41. The Hall–Kier alpha value is -2.22. The Kier molecular flexibility index (Phi) is 3.81. The van der Waals surface area contributed by atoms with Gasteiger partial charge in [0.2, 0.25) is 0 Å². The molecule has 84 valence electrons. The first-order chi connectivity index (χ1) is 8.40. The Labute approximate surface area is 101 Å². The molecule has 0 saturated heterocycles. The van der Waals surface area contributed by atoms with E-state index in [4.69, 9.17) is 0 Å². The third kappa shape index (κ3) is 3.11. The van der Waals surface area contributed by atoms with Crippen LogP contribution in [0, 0.1) is 0 Å². The highest BCUT2D eigenvalue weighted by atomic mass is 14.9. The third-order valence-corrected chi connectivity index (χ3v) is 2.38. The van der Waals surface area contributed by atoms with Crippen LogP contribution in [-0.2, 0) is 0 Å². The summed E-state index contributed by atoms with van der Waals surface area (Å²) < 4.78 is 0. The van der Waals surface area contributed by atoms with Crippen LogP contribution < -0.4 is 0 Å². The van der Waals surface area contributed by atoms with Crippen LogP contribution in [0.3, 0.4) is 0 Å². The Bertz CT molecular complexity index is 513. The van der Waals surface area contributed by atoms with Crippen molar-refractivity contribution in [3.05, 3.63) is 71.8 Å². The van der Waals surface area contributed by atoms with Gasteiger partial charge in [0.25, 0.3) is 0 Å². The highest BCUT2D eigenvalue weighted by Gasteiger charge is 1.97. The van der Waals surface area contributed by atoms with Crippen LogP contribution in [0.5, 0.6) is 0 Å². The van der Waals surface area contributed by atoms with Crippen molar-refractivity contribution in [3.8, 4) is 0 Å². The molecule has 2 aromatic carbocycles. The minimum absolute atomic E-state index is 0.745. The molecular formula is C15H14N2. The van der Waals surface area contributed by atoms with Gasteiger partial charge in [-0.05, 0) is 5.56 Å². The molecule has 0 N–H and O–H groups in total. The summed E-state index contributed by atoms with van der Waals surface area (Å²) in [6.07, 6.45) is 1.83. The van der Waals surface area contributed by atoms with Crippen LogP contribution in [-0.4, -0.2) is 19.1 Å². The molecule has 0 heterocycles. The van der Waals surface area contributed by atoms with Crippen molar-refractivity contribution in [2.75, 3.05) is 7.05 Å². The normalized spacial score (nSPS) is 11.9. The molecule has 0 aliphatic rings. The summed E-state index contributed by atoms with van der Waals surface area (Å²) in [5.74, 6) is 0.745. The molecule has 2 aromatic rings. The van der Waals surface area contributed by atoms with E-state index in [1.165, 1.54) is 0 Å². The van der Waals surface area contributed by atoms with Crippen molar-refractivity contribution in [1.29, 1.82) is 0 Å². The van der Waals surface area contributed by atoms with E-state index in [0.717, 1.165) is 17.0 Å². The smallest absolute Gasteiger partial charge is 0.154 e. The highest BCUT2D eigenvalue weighted by Crippen LogP contribution is 2.03. The van der Waals surface area contributed by atoms with Crippen LogP contribution in [0.4, 0.5) is 0 Å². The van der Waals surface area contributed by atoms with Gasteiger partial charge in [0.1, 0.15) is 0 Å². The van der Waals surface area contributed by atoms with Crippen LogP contribution in [0.25, 0.3) is 0 Å². The number of nitrogens with zero attached hydrogens (tertiary/aromatic N) is 2. The lowest BCUT2D eigenvalue weighted by atomic mass is 10.2. The average Bonchev–Trinajstić information content (AvgIpc) is 2.42. The fourth-order valence-corrected chi connectivity index (χ4v) is 1.52. The van der Waals surface area contributed by atoms with E-state index in [-0.39, 0.29) is 0 Å². The molecule has 0 aromatic heterocycles. The average molecular weight is 222 g/mol. The summed E-state index contributed by atoms with van der Waals surface area (Å²) in [5.41, 5.74) is 2.10. The van der Waals surface area contributed by atoms with Crippen LogP contribution in [0.1, 0.15) is 11.1 Å². The molecule has 2 rings (SSSR count). The fraction of sp³-hybridized carbons (Fsp3) is 0.0667. The van der Waals surface area contributed by atoms with E-state index < -0.39 is 0 Å². The van der Waals surface area contributed by atoms with Crippen molar-refractivity contribution in [1.82, 2.24) is 0 Å². The molecule has 0 spiro atoms. The fourth-order valence-electron chi connectivity index (χ4n) is 1.52. The highest BCUT2D eigenvalue weighted by molar-refractivity contribution is 6.05. The van der Waals surface area contributed by atoms with E-state index in [2.05, 4.69) is 9.98 Å². The molecule has 0 aliphatic heterocycles. The predicted molar refractivity (Wildman–Crippen MR) is 72.9 cm³/mol. The maximum Gasteiger partial charge on any atom is 0.154 e. The van der Waals surface area contributed by atoms with Gasteiger partial charge < -0.3 is 0 Å². The number of hydrogen-bond acceptors (Lipinski definition) is 1. The second-order valence-electron chi connectivity index (χ2n) is 3.58. The molecule has 0 unspecified atom stereocenters. The quantitative estimate of drug-likeness (QED) is 0.550. The molecule has 17 heavy (non-hydrogen) atoms. The topological polar surface area (TPSA) is 24.7 Å². The van der Waals surface area contributed by atoms with Crippen molar-refractivity contribution in [2.24, 2.45) is 9.98 Å². The molecule has 0 aliphatic carbocycles. The van der Waals surface area contributed by atoms with E-state index in [1.807, 2.05) is 66.9 Å². The molecule has 0 atom stereocenters. The Balaban J connectivity index is 2.20. The summed E-state index contributed by atoms with van der Waals surface area (Å²) in [6.45, 7) is 0. The van der Waals surface area contributed by atoms with Gasteiger partial charge in [0.05, 0.1) is 0 Å². The second-order valence-corrected chi connectivity index (χ2v) is 3.58. The lowest BCUT2D eigenvalue weighted by molar-refractivity contribution is 1.39. The van der Waals surface area contributed by atoms with Crippen molar-refractivity contribution >= 4 is 12.1 Å². The molecule has 2 nitrogen and oxygen atoms in total. The van der Waals surface area contributed by atoms with Gasteiger partial charge >= 0.3 is 0 Å². The summed E-state index contributed by atoms with van der Waals surface area (Å²) in [7, 11) is 1.75. The molecule has 0 amide bonds. The first kappa shape index (κ1) is 11.3. The predicted octanol–water partition coefficient (Wildman–Crippen LogP) is 3.18. The molecular weight excluding hydrogens is 208 g/mol. The minimum atomic E-state index is 0.745. The van der Waals surface area contributed by atoms with Gasteiger partial charge in [0.15, 0.2) is 5.84 Å². The van der Waals surface area contributed by atoms with E-state index in [9.17, 15) is 0 Å². The first-order valence-corrected chi connectivity index (χ1v) is 5.51. The van der Waals surface area contributed by atoms with E-state index in [1.54, 1.807) is 7.05 Å². The van der Waals surface area contributed by atoms with Gasteiger partial charge in [-0.1, -0.05) is 60.7 Å². The minimum Gasteiger partial charge on any atom is -0.270 e. The first-order valence-electron chi connectivity index (χ1n) is 5.51. The Morgan fingerprint density at radius 2 is 1.47 bits per heavy atom. The lowest BCUT2D eigenvalue weighted by Crippen LogP contribution is -1.97. The third-order valence-electron chi connectivity index (χ3n) is 2.38. The molecule has 0 saturated carbocycles. The van der Waals surface area contributed by atoms with E-state index >= 15 is 0 Å². The molecule has 0 bridgehead atoms. The van der Waals surface area contributed by atoms with Crippen molar-refractivity contribution in [2.45, 2.75) is 0 Å². The summed E-state index contributed by atoms with van der Waals surface area (Å²) in [5, 5.41) is 0. The van der Waals surface area contributed by atoms with Crippen molar-refractivity contribution < 1.29 is 0 Å². The molecule has 0 radical (unpaired) electrons. The second kappa shape index (κ2) is 5.75. The zero-order chi connectivity index (χ0) is 11.9. The van der Waals surface area contributed by atoms with Crippen LogP contribution in [0.15, 0.2) is 70.6 Å². The number of benzene rings is 2. The maximum absolute atomic E-state index is 4.41. The Morgan fingerprint density at radius 1 is 0.882 bits per heavy atom. The number of hydrogen-bond donors (Lipinski definition) is 0. The van der Waals surface area contributed by atoms with E-state index in [0.29, 0.717) is 0 Å². The largest absolute Gasteiger partial charge is 0.270 e. The zero-order valence-corrected chi connectivity index (χ0v) is 9.75. The SMILES string of the molecule is C/N=C(\N=C\c1ccccc1)c1ccccc1. The van der Waals surface area contributed by atoms with Gasteiger partial charge in [-0.15, -0.1) is 0 Å². The monoisotopic (exact) mass is 222 g/mol. The number of aliphatic imine (C=N–C) groups is 2. The van der Waals surface area contributed by atoms with Crippen LogP contribution in [0.2, 0.25) is 0 Å². The van der Waals surface area contributed by atoms with Crippen molar-refractivity contribution in [3.63, 3.8) is 0 Å². The zero-order valence-electron chi connectivity index (χ0n) is 9.75. The summed E-state index contributed by atoms with van der Waals surface area (Å²) in [4.78, 5) is 8.60.